The average Bonchev–Trinajstić information content (AvgIpc) is 2.90. The van der Waals surface area contributed by atoms with Crippen LogP contribution in [0.3, 0.4) is 0 Å². The number of hydrogen-bond acceptors (Lipinski definition) is 3. The molecule has 2 rings (SSSR count). The van der Waals surface area contributed by atoms with Crippen molar-refractivity contribution in [1.82, 2.24) is 4.90 Å². The van der Waals surface area contributed by atoms with Gasteiger partial charge < -0.3 is 16.0 Å². The molecule has 0 radical (unpaired) electrons. The summed E-state index contributed by atoms with van der Waals surface area (Å²) in [6.45, 7) is 6.86. The molecule has 0 aliphatic carbocycles. The summed E-state index contributed by atoms with van der Waals surface area (Å²) in [6, 6.07) is 5.52. The lowest BCUT2D eigenvalue weighted by Crippen LogP contribution is -2.28. The van der Waals surface area contributed by atoms with Crippen LogP contribution in [0.2, 0.25) is 0 Å². The van der Waals surface area contributed by atoms with E-state index in [0.717, 1.165) is 38.2 Å². The van der Waals surface area contributed by atoms with Gasteiger partial charge in [0.1, 0.15) is 0 Å². The minimum atomic E-state index is 0.0936. The first-order valence-electron chi connectivity index (χ1n) is 7.00. The first-order valence-corrected chi connectivity index (χ1v) is 7.00. The largest absolute Gasteiger partial charge is 0.399 e. The van der Waals surface area contributed by atoms with Crippen LogP contribution in [0.15, 0.2) is 18.2 Å². The smallest absolute Gasteiger partial charge is 0.256 e. The van der Waals surface area contributed by atoms with E-state index in [2.05, 4.69) is 19.2 Å². The van der Waals surface area contributed by atoms with Crippen LogP contribution in [-0.2, 0) is 0 Å². The van der Waals surface area contributed by atoms with E-state index in [1.165, 1.54) is 0 Å². The fourth-order valence-corrected chi connectivity index (χ4v) is 2.30. The van der Waals surface area contributed by atoms with Crippen LogP contribution in [0.4, 0.5) is 11.4 Å². The SMILES string of the molecule is CC(C)CNc1ccc(N)cc1C(=O)N1CCCC1. The van der Waals surface area contributed by atoms with Gasteiger partial charge in [0, 0.05) is 31.0 Å². The summed E-state index contributed by atoms with van der Waals surface area (Å²) in [5.41, 5.74) is 8.04. The van der Waals surface area contributed by atoms with Gasteiger partial charge in [0.25, 0.3) is 5.91 Å². The van der Waals surface area contributed by atoms with Crippen molar-refractivity contribution in [2.24, 2.45) is 5.92 Å². The van der Waals surface area contributed by atoms with Crippen molar-refractivity contribution in [3.05, 3.63) is 23.8 Å². The van der Waals surface area contributed by atoms with Crippen molar-refractivity contribution in [3.63, 3.8) is 0 Å². The van der Waals surface area contributed by atoms with Crippen LogP contribution in [0.1, 0.15) is 37.0 Å². The normalized spacial score (nSPS) is 15.0. The van der Waals surface area contributed by atoms with Gasteiger partial charge in [-0.05, 0) is 37.0 Å². The molecule has 1 aliphatic rings. The molecule has 0 aromatic heterocycles. The summed E-state index contributed by atoms with van der Waals surface area (Å²) < 4.78 is 0. The number of hydrogen-bond donors (Lipinski definition) is 2. The summed E-state index contributed by atoms with van der Waals surface area (Å²) >= 11 is 0. The molecule has 0 unspecified atom stereocenters. The highest BCUT2D eigenvalue weighted by atomic mass is 16.2. The van der Waals surface area contributed by atoms with Gasteiger partial charge in [-0.25, -0.2) is 0 Å². The molecule has 4 nitrogen and oxygen atoms in total. The highest BCUT2D eigenvalue weighted by molar-refractivity contribution is 6.00. The Bertz CT molecular complexity index is 451. The second kappa shape index (κ2) is 5.95. The minimum absolute atomic E-state index is 0.0936. The van der Waals surface area contributed by atoms with E-state index in [0.29, 0.717) is 17.2 Å². The zero-order chi connectivity index (χ0) is 13.8. The topological polar surface area (TPSA) is 58.4 Å². The molecule has 1 aromatic carbocycles. The molecule has 1 aromatic rings. The number of nitrogens with two attached hydrogens (primary N) is 1. The molecule has 1 heterocycles. The van der Waals surface area contributed by atoms with Crippen LogP contribution in [0, 0.1) is 5.92 Å². The third-order valence-electron chi connectivity index (χ3n) is 3.37. The number of likely N-dealkylation sites (tertiary alicyclic amines) is 1. The number of rotatable bonds is 4. The molecule has 3 N–H and O–H groups in total. The van der Waals surface area contributed by atoms with Gasteiger partial charge >= 0.3 is 0 Å². The second-order valence-corrected chi connectivity index (χ2v) is 5.58. The molecule has 19 heavy (non-hydrogen) atoms. The molecular formula is C15H23N3O. The standard InChI is InChI=1S/C15H23N3O/c1-11(2)10-17-14-6-5-12(16)9-13(14)15(19)18-7-3-4-8-18/h5-6,9,11,17H,3-4,7-8,10,16H2,1-2H3. The summed E-state index contributed by atoms with van der Waals surface area (Å²) in [5, 5.41) is 3.34. The Morgan fingerprint density at radius 2 is 2.05 bits per heavy atom. The highest BCUT2D eigenvalue weighted by Crippen LogP contribution is 2.23. The minimum Gasteiger partial charge on any atom is -0.399 e. The number of amides is 1. The zero-order valence-electron chi connectivity index (χ0n) is 11.8. The number of nitrogens with zero attached hydrogens (tertiary/aromatic N) is 1. The monoisotopic (exact) mass is 261 g/mol. The quantitative estimate of drug-likeness (QED) is 0.819. The first-order chi connectivity index (χ1) is 9.08. The van der Waals surface area contributed by atoms with Crippen molar-refractivity contribution in [2.45, 2.75) is 26.7 Å². The molecular weight excluding hydrogens is 238 g/mol. The Hall–Kier alpha value is -1.71. The van der Waals surface area contributed by atoms with Crippen LogP contribution in [0.25, 0.3) is 0 Å². The molecule has 1 aliphatic heterocycles. The molecule has 104 valence electrons. The van der Waals surface area contributed by atoms with Gasteiger partial charge in [-0.2, -0.15) is 0 Å². The van der Waals surface area contributed by atoms with Crippen molar-refractivity contribution < 1.29 is 4.79 Å². The summed E-state index contributed by atoms with van der Waals surface area (Å²) in [4.78, 5) is 14.4. The van der Waals surface area contributed by atoms with Gasteiger partial charge in [0.2, 0.25) is 0 Å². The number of benzene rings is 1. The maximum absolute atomic E-state index is 12.5. The van der Waals surface area contributed by atoms with Gasteiger partial charge in [0.15, 0.2) is 0 Å². The molecule has 0 bridgehead atoms. The number of carbonyl (C=O) groups is 1. The Labute approximate surface area is 115 Å². The molecule has 1 fully saturated rings. The Kier molecular flexibility index (Phi) is 4.30. The van der Waals surface area contributed by atoms with Gasteiger partial charge in [-0.1, -0.05) is 13.8 Å². The fraction of sp³-hybridized carbons (Fsp3) is 0.533. The highest BCUT2D eigenvalue weighted by Gasteiger charge is 2.22. The maximum atomic E-state index is 12.5. The predicted molar refractivity (Wildman–Crippen MR) is 79.3 cm³/mol. The van der Waals surface area contributed by atoms with E-state index in [-0.39, 0.29) is 5.91 Å². The first kappa shape index (κ1) is 13.7. The third-order valence-corrected chi connectivity index (χ3v) is 3.37. The average molecular weight is 261 g/mol. The number of nitrogens with one attached hydrogen (secondary N) is 1. The third kappa shape index (κ3) is 3.40. The summed E-state index contributed by atoms with van der Waals surface area (Å²) in [5.74, 6) is 0.628. The number of nitrogen functional groups attached to an aromatic ring is 1. The number of carbonyl (C=O) groups excluding carboxylic acids is 1. The molecule has 1 amide bonds. The molecule has 1 saturated heterocycles. The lowest BCUT2D eigenvalue weighted by atomic mass is 10.1. The Morgan fingerprint density at radius 3 is 2.68 bits per heavy atom. The van der Waals surface area contributed by atoms with E-state index in [9.17, 15) is 4.79 Å². The van der Waals surface area contributed by atoms with E-state index >= 15 is 0 Å². The predicted octanol–water partition coefficient (Wildman–Crippen LogP) is 2.57. The zero-order valence-corrected chi connectivity index (χ0v) is 11.8. The van der Waals surface area contributed by atoms with Crippen LogP contribution in [0.5, 0.6) is 0 Å². The Morgan fingerprint density at radius 1 is 1.37 bits per heavy atom. The van der Waals surface area contributed by atoms with E-state index < -0.39 is 0 Å². The summed E-state index contributed by atoms with van der Waals surface area (Å²) in [6.07, 6.45) is 2.20. The lowest BCUT2D eigenvalue weighted by molar-refractivity contribution is 0.0794. The van der Waals surface area contributed by atoms with E-state index in [4.69, 9.17) is 5.73 Å². The molecule has 0 saturated carbocycles. The van der Waals surface area contributed by atoms with Gasteiger partial charge in [-0.3, -0.25) is 4.79 Å². The molecule has 4 heteroatoms. The van der Waals surface area contributed by atoms with E-state index in [1.54, 1.807) is 6.07 Å². The van der Waals surface area contributed by atoms with Gasteiger partial charge in [-0.15, -0.1) is 0 Å². The molecule has 0 spiro atoms. The molecule has 0 atom stereocenters. The van der Waals surface area contributed by atoms with Crippen molar-refractivity contribution in [2.75, 3.05) is 30.7 Å². The van der Waals surface area contributed by atoms with Crippen molar-refractivity contribution in [3.8, 4) is 0 Å². The van der Waals surface area contributed by atoms with Crippen molar-refractivity contribution >= 4 is 17.3 Å². The van der Waals surface area contributed by atoms with Gasteiger partial charge in [0.05, 0.1) is 5.56 Å². The van der Waals surface area contributed by atoms with E-state index in [1.807, 2.05) is 17.0 Å². The van der Waals surface area contributed by atoms with Crippen LogP contribution >= 0.6 is 0 Å². The second-order valence-electron chi connectivity index (χ2n) is 5.58. The van der Waals surface area contributed by atoms with Crippen molar-refractivity contribution in [1.29, 1.82) is 0 Å². The number of anilines is 2. The lowest BCUT2D eigenvalue weighted by Gasteiger charge is -2.19. The van der Waals surface area contributed by atoms with Crippen LogP contribution < -0.4 is 11.1 Å². The Balaban J connectivity index is 2.20. The van der Waals surface area contributed by atoms with Crippen LogP contribution in [-0.4, -0.2) is 30.4 Å². The summed E-state index contributed by atoms with van der Waals surface area (Å²) in [7, 11) is 0. The fourth-order valence-electron chi connectivity index (χ4n) is 2.30. The maximum Gasteiger partial charge on any atom is 0.256 e.